The first-order valence-corrected chi connectivity index (χ1v) is 9.53. The maximum Gasteiger partial charge on any atom is 0.224 e. The molecule has 3 heterocycles. The standard InChI is InChI=1S/C22H21N5O3/c1-15-19(16(2)30-26-15)9-10-21(28)25-17-5-7-18(8-6-17)29-22-13-20(23-14-24-22)27-11-3-4-12-27/h3-8,11-14H,9-10H2,1-2H3,(H,25,28). The minimum Gasteiger partial charge on any atom is -0.439 e. The van der Waals surface area contributed by atoms with E-state index in [9.17, 15) is 4.79 Å². The van der Waals surface area contributed by atoms with E-state index >= 15 is 0 Å². The van der Waals surface area contributed by atoms with E-state index in [0.29, 0.717) is 36.0 Å². The monoisotopic (exact) mass is 403 g/mol. The number of nitrogens with one attached hydrogen (secondary N) is 1. The number of aromatic nitrogens is 4. The van der Waals surface area contributed by atoms with Gasteiger partial charge in [-0.3, -0.25) is 4.79 Å². The number of amides is 1. The number of hydrogen-bond donors (Lipinski definition) is 1. The molecule has 0 aliphatic heterocycles. The van der Waals surface area contributed by atoms with Crippen LogP contribution in [-0.4, -0.2) is 25.6 Å². The zero-order chi connectivity index (χ0) is 20.9. The van der Waals surface area contributed by atoms with E-state index in [1.54, 1.807) is 30.3 Å². The third-order valence-electron chi connectivity index (χ3n) is 4.64. The minimum absolute atomic E-state index is 0.0733. The molecule has 4 aromatic rings. The van der Waals surface area contributed by atoms with Gasteiger partial charge in [-0.25, -0.2) is 9.97 Å². The molecule has 1 N–H and O–H groups in total. The van der Waals surface area contributed by atoms with E-state index in [1.807, 2.05) is 42.9 Å². The number of carbonyl (C=O) groups is 1. The fourth-order valence-corrected chi connectivity index (χ4v) is 3.06. The van der Waals surface area contributed by atoms with E-state index in [2.05, 4.69) is 20.4 Å². The molecular formula is C22H21N5O3. The summed E-state index contributed by atoms with van der Waals surface area (Å²) in [5.41, 5.74) is 2.51. The number of benzene rings is 1. The molecule has 30 heavy (non-hydrogen) atoms. The molecule has 0 atom stereocenters. The lowest BCUT2D eigenvalue weighted by molar-refractivity contribution is -0.116. The Labute approximate surface area is 173 Å². The summed E-state index contributed by atoms with van der Waals surface area (Å²) in [7, 11) is 0. The molecule has 0 aliphatic rings. The highest BCUT2D eigenvalue weighted by Crippen LogP contribution is 2.23. The molecule has 4 rings (SSSR count). The van der Waals surface area contributed by atoms with Crippen LogP contribution in [0.1, 0.15) is 23.4 Å². The first kappa shape index (κ1) is 19.4. The molecule has 0 radical (unpaired) electrons. The average Bonchev–Trinajstić information content (AvgIpc) is 3.39. The van der Waals surface area contributed by atoms with Gasteiger partial charge in [0.2, 0.25) is 11.8 Å². The zero-order valence-electron chi connectivity index (χ0n) is 16.7. The van der Waals surface area contributed by atoms with Gasteiger partial charge in [0.15, 0.2) is 0 Å². The highest BCUT2D eigenvalue weighted by Gasteiger charge is 2.11. The molecule has 8 heteroatoms. The van der Waals surface area contributed by atoms with Crippen LogP contribution in [0.4, 0.5) is 5.69 Å². The van der Waals surface area contributed by atoms with Crippen LogP contribution in [0.3, 0.4) is 0 Å². The normalized spacial score (nSPS) is 10.7. The van der Waals surface area contributed by atoms with Crippen molar-refractivity contribution >= 4 is 11.6 Å². The van der Waals surface area contributed by atoms with E-state index in [4.69, 9.17) is 9.26 Å². The summed E-state index contributed by atoms with van der Waals surface area (Å²) in [5, 5.41) is 6.80. The molecule has 0 saturated carbocycles. The van der Waals surface area contributed by atoms with Gasteiger partial charge < -0.3 is 19.1 Å². The van der Waals surface area contributed by atoms with Crippen molar-refractivity contribution in [3.63, 3.8) is 0 Å². The van der Waals surface area contributed by atoms with Crippen LogP contribution >= 0.6 is 0 Å². The minimum atomic E-state index is -0.0733. The largest absolute Gasteiger partial charge is 0.439 e. The van der Waals surface area contributed by atoms with Gasteiger partial charge in [-0.1, -0.05) is 5.16 Å². The third kappa shape index (κ3) is 4.54. The lowest BCUT2D eigenvalue weighted by atomic mass is 10.1. The molecule has 0 saturated heterocycles. The number of rotatable bonds is 7. The van der Waals surface area contributed by atoms with Crippen molar-refractivity contribution in [3.8, 4) is 17.4 Å². The Morgan fingerprint density at radius 2 is 1.90 bits per heavy atom. The van der Waals surface area contributed by atoms with Gasteiger partial charge >= 0.3 is 0 Å². The summed E-state index contributed by atoms with van der Waals surface area (Å²) in [4.78, 5) is 20.6. The Balaban J connectivity index is 1.34. The van der Waals surface area contributed by atoms with Crippen LogP contribution in [0.15, 0.2) is 65.7 Å². The number of nitrogens with zero attached hydrogens (tertiary/aromatic N) is 4. The van der Waals surface area contributed by atoms with Crippen LogP contribution in [0, 0.1) is 13.8 Å². The number of ether oxygens (including phenoxy) is 1. The van der Waals surface area contributed by atoms with Gasteiger partial charge in [0.1, 0.15) is 23.7 Å². The summed E-state index contributed by atoms with van der Waals surface area (Å²) < 4.78 is 12.8. The van der Waals surface area contributed by atoms with Gasteiger partial charge in [-0.2, -0.15) is 0 Å². The summed E-state index contributed by atoms with van der Waals surface area (Å²) >= 11 is 0. The molecule has 1 amide bonds. The predicted molar refractivity (Wildman–Crippen MR) is 111 cm³/mol. The number of aryl methyl sites for hydroxylation is 2. The van der Waals surface area contributed by atoms with Gasteiger partial charge in [-0.15, -0.1) is 0 Å². The van der Waals surface area contributed by atoms with Crippen LogP contribution < -0.4 is 10.1 Å². The molecule has 3 aromatic heterocycles. The SMILES string of the molecule is Cc1noc(C)c1CCC(=O)Nc1ccc(Oc2cc(-n3cccc3)ncn2)cc1. The Hall–Kier alpha value is -3.94. The molecule has 0 aliphatic carbocycles. The summed E-state index contributed by atoms with van der Waals surface area (Å²) in [5.74, 6) is 2.44. The van der Waals surface area contributed by atoms with Crippen LogP contribution in [-0.2, 0) is 11.2 Å². The van der Waals surface area contributed by atoms with Gasteiger partial charge in [0.05, 0.1) is 5.69 Å². The van der Waals surface area contributed by atoms with Crippen molar-refractivity contribution in [2.75, 3.05) is 5.32 Å². The number of anilines is 1. The van der Waals surface area contributed by atoms with Crippen LogP contribution in [0.5, 0.6) is 11.6 Å². The van der Waals surface area contributed by atoms with Gasteiger partial charge in [0, 0.05) is 36.1 Å². The van der Waals surface area contributed by atoms with Crippen LogP contribution in [0.25, 0.3) is 5.82 Å². The average molecular weight is 403 g/mol. The Kier molecular flexibility index (Phi) is 5.56. The topological polar surface area (TPSA) is 95.1 Å². The Bertz CT molecular complexity index is 1110. The third-order valence-corrected chi connectivity index (χ3v) is 4.64. The van der Waals surface area contributed by atoms with E-state index in [-0.39, 0.29) is 5.91 Å². The smallest absolute Gasteiger partial charge is 0.224 e. The second-order valence-corrected chi connectivity index (χ2v) is 6.78. The van der Waals surface area contributed by atoms with Crippen molar-refractivity contribution in [1.29, 1.82) is 0 Å². The fraction of sp³-hybridized carbons (Fsp3) is 0.182. The molecule has 0 unspecified atom stereocenters. The fourth-order valence-electron chi connectivity index (χ4n) is 3.06. The van der Waals surface area contributed by atoms with Gasteiger partial charge in [-0.05, 0) is 56.7 Å². The van der Waals surface area contributed by atoms with Gasteiger partial charge in [0.25, 0.3) is 0 Å². The molecule has 0 bridgehead atoms. The van der Waals surface area contributed by atoms with Crippen molar-refractivity contribution in [2.24, 2.45) is 0 Å². The first-order valence-electron chi connectivity index (χ1n) is 9.53. The molecule has 1 aromatic carbocycles. The quantitative estimate of drug-likeness (QED) is 0.496. The van der Waals surface area contributed by atoms with E-state index in [0.717, 1.165) is 17.0 Å². The first-order chi connectivity index (χ1) is 14.6. The number of hydrogen-bond acceptors (Lipinski definition) is 6. The second kappa shape index (κ2) is 8.60. The predicted octanol–water partition coefficient (Wildman–Crippen LogP) is 4.24. The molecular weight excluding hydrogens is 382 g/mol. The maximum absolute atomic E-state index is 12.2. The van der Waals surface area contributed by atoms with E-state index in [1.165, 1.54) is 6.33 Å². The Morgan fingerprint density at radius 3 is 2.60 bits per heavy atom. The lowest BCUT2D eigenvalue weighted by Gasteiger charge is -2.08. The zero-order valence-corrected chi connectivity index (χ0v) is 16.7. The summed E-state index contributed by atoms with van der Waals surface area (Å²) in [6.07, 6.45) is 6.19. The molecule has 152 valence electrons. The van der Waals surface area contributed by atoms with Crippen molar-refractivity contribution in [3.05, 3.63) is 78.2 Å². The van der Waals surface area contributed by atoms with Crippen molar-refractivity contribution in [2.45, 2.75) is 26.7 Å². The van der Waals surface area contributed by atoms with Crippen molar-refractivity contribution in [1.82, 2.24) is 19.7 Å². The maximum atomic E-state index is 12.2. The lowest BCUT2D eigenvalue weighted by Crippen LogP contribution is -2.12. The second-order valence-electron chi connectivity index (χ2n) is 6.78. The molecule has 8 nitrogen and oxygen atoms in total. The molecule has 0 fully saturated rings. The highest BCUT2D eigenvalue weighted by molar-refractivity contribution is 5.90. The molecule has 0 spiro atoms. The Morgan fingerprint density at radius 1 is 1.13 bits per heavy atom. The summed E-state index contributed by atoms with van der Waals surface area (Å²) in [6.45, 7) is 3.73. The number of carbonyl (C=O) groups excluding carboxylic acids is 1. The summed E-state index contributed by atoms with van der Waals surface area (Å²) in [6, 6.07) is 12.7. The van der Waals surface area contributed by atoms with Crippen LogP contribution in [0.2, 0.25) is 0 Å². The van der Waals surface area contributed by atoms with E-state index < -0.39 is 0 Å². The highest BCUT2D eigenvalue weighted by atomic mass is 16.5. The van der Waals surface area contributed by atoms with Crippen molar-refractivity contribution < 1.29 is 14.1 Å².